The Kier molecular flexibility index (Phi) is 10.1. The average molecular weight is 606 g/mol. The second-order valence-corrected chi connectivity index (χ2v) is 10.3. The number of rotatable bonds is 7. The summed E-state index contributed by atoms with van der Waals surface area (Å²) in [7, 11) is -1.42. The van der Waals surface area contributed by atoms with Crippen LogP contribution in [0, 0.1) is 28.7 Å². The quantitative estimate of drug-likeness (QED) is 0.117. The van der Waals surface area contributed by atoms with E-state index in [4.69, 9.17) is 4.74 Å². The number of nitro groups is 1. The van der Waals surface area contributed by atoms with E-state index in [-0.39, 0.29) is 34.9 Å². The van der Waals surface area contributed by atoms with Gasteiger partial charge in [-0.15, -0.1) is 0 Å². The molecule has 0 radical (unpaired) electrons. The number of carbonyl (C=O) groups excluding carboxylic acids is 1. The molecule has 0 aliphatic rings. The van der Waals surface area contributed by atoms with Gasteiger partial charge in [0.1, 0.15) is 27.5 Å². The molecule has 0 bridgehead atoms. The molecule has 10 nitrogen and oxygen atoms in total. The lowest BCUT2D eigenvalue weighted by atomic mass is 10.2. The lowest BCUT2D eigenvalue weighted by Gasteiger charge is -2.29. The Balaban J connectivity index is 0.000000446. The summed E-state index contributed by atoms with van der Waals surface area (Å²) in [6, 6.07) is 10.6. The summed E-state index contributed by atoms with van der Waals surface area (Å²) >= 11 is 0. The van der Waals surface area contributed by atoms with Crippen LogP contribution < -0.4 is 4.74 Å². The van der Waals surface area contributed by atoms with Gasteiger partial charge < -0.3 is 9.29 Å². The van der Waals surface area contributed by atoms with E-state index in [1.807, 2.05) is 6.92 Å². The van der Waals surface area contributed by atoms with Gasteiger partial charge in [0.25, 0.3) is 0 Å². The maximum Gasteiger partial charge on any atom is 0.416 e. The molecule has 222 valence electrons. The number of halogens is 5. The van der Waals surface area contributed by atoms with Crippen molar-refractivity contribution in [2.24, 2.45) is 0 Å². The number of hydrazine groups is 1. The van der Waals surface area contributed by atoms with E-state index in [2.05, 4.69) is 0 Å². The molecule has 0 aliphatic carbocycles. The van der Waals surface area contributed by atoms with Crippen molar-refractivity contribution >= 4 is 16.0 Å². The minimum absolute atomic E-state index is 0.0726. The molecular formula is C25H24F5N3O7S. The molecule has 0 heterocycles. The third-order valence-corrected chi connectivity index (χ3v) is 6.41. The number of alkyl halides is 3. The van der Waals surface area contributed by atoms with Crippen LogP contribution in [0.15, 0.2) is 65.6 Å². The summed E-state index contributed by atoms with van der Waals surface area (Å²) in [5, 5.41) is 10.8. The average Bonchev–Trinajstić information content (AvgIpc) is 2.85. The Hall–Kier alpha value is -4.15. The van der Waals surface area contributed by atoms with Gasteiger partial charge in [0.2, 0.25) is 5.03 Å². The maximum absolute atomic E-state index is 14.0. The maximum atomic E-state index is 14.0. The molecule has 3 aromatic carbocycles. The first-order valence-corrected chi connectivity index (χ1v) is 12.9. The third kappa shape index (κ3) is 8.67. The van der Waals surface area contributed by atoms with Crippen LogP contribution in [0.1, 0.15) is 28.4 Å². The zero-order valence-corrected chi connectivity index (χ0v) is 22.8. The second kappa shape index (κ2) is 12.6. The molecule has 0 saturated heterocycles. The van der Waals surface area contributed by atoms with Crippen LogP contribution in [0.25, 0.3) is 0 Å². The van der Waals surface area contributed by atoms with Crippen LogP contribution in [0.3, 0.4) is 0 Å². The van der Waals surface area contributed by atoms with E-state index in [1.54, 1.807) is 19.1 Å². The Morgan fingerprint density at radius 1 is 1.02 bits per heavy atom. The van der Waals surface area contributed by atoms with Crippen LogP contribution in [0.2, 0.25) is 0 Å². The van der Waals surface area contributed by atoms with Gasteiger partial charge in [0.15, 0.2) is 17.4 Å². The Morgan fingerprint density at radius 3 is 2.00 bits per heavy atom. The van der Waals surface area contributed by atoms with Gasteiger partial charge in [-0.3, -0.25) is 4.79 Å². The number of nitrogens with zero attached hydrogens (tertiary/aromatic N) is 3. The minimum atomic E-state index is -4.96. The van der Waals surface area contributed by atoms with Crippen molar-refractivity contribution in [2.75, 3.05) is 20.6 Å². The molecular weight excluding hydrogens is 581 g/mol. The Morgan fingerprint density at radius 2 is 1.56 bits per heavy atom. The van der Waals surface area contributed by atoms with Crippen molar-refractivity contribution in [1.29, 1.82) is 0 Å². The molecule has 0 atom stereocenters. The Labute approximate surface area is 231 Å². The van der Waals surface area contributed by atoms with Gasteiger partial charge in [-0.25, -0.2) is 27.3 Å². The van der Waals surface area contributed by atoms with Crippen molar-refractivity contribution in [1.82, 2.24) is 5.12 Å². The van der Waals surface area contributed by atoms with Crippen molar-refractivity contribution in [2.45, 2.75) is 24.9 Å². The molecule has 0 saturated carbocycles. The van der Waals surface area contributed by atoms with Gasteiger partial charge in [-0.05, 0) is 56.3 Å². The van der Waals surface area contributed by atoms with Crippen LogP contribution in [0.4, 0.5) is 22.0 Å². The number of amides is 1. The number of benzene rings is 3. The van der Waals surface area contributed by atoms with Crippen molar-refractivity contribution in [3.8, 4) is 11.5 Å². The SMILES string of the molecule is CC[N+](C)(C)N(C(=O)c1cccc(Oc2c(F)cc(C(F)(F)F)cc2F)c1)[N+](=O)[O-].Cc1ccc(S(=O)(=O)[O-])cc1. The van der Waals surface area contributed by atoms with Crippen LogP contribution in [0.5, 0.6) is 11.5 Å². The summed E-state index contributed by atoms with van der Waals surface area (Å²) in [4.78, 5) is 23.8. The van der Waals surface area contributed by atoms with Gasteiger partial charge in [0, 0.05) is 0 Å². The highest BCUT2D eigenvalue weighted by atomic mass is 32.2. The molecule has 1 amide bonds. The number of quaternary nitrogens is 1. The molecule has 3 aromatic rings. The smallest absolute Gasteiger partial charge is 0.416 e. The van der Waals surface area contributed by atoms with E-state index in [0.717, 1.165) is 11.6 Å². The molecule has 0 fully saturated rings. The van der Waals surface area contributed by atoms with E-state index in [9.17, 15) is 49.8 Å². The first-order chi connectivity index (χ1) is 18.8. The number of ether oxygens (including phenoxy) is 1. The lowest BCUT2D eigenvalue weighted by Crippen LogP contribution is -2.59. The lowest BCUT2D eigenvalue weighted by molar-refractivity contribution is -1.10. The fourth-order valence-electron chi connectivity index (χ4n) is 3.10. The van der Waals surface area contributed by atoms with Gasteiger partial charge >= 0.3 is 12.1 Å². The fourth-order valence-corrected chi connectivity index (χ4v) is 3.57. The number of hydrogen-bond donors (Lipinski definition) is 0. The number of aryl methyl sites for hydroxylation is 1. The van der Waals surface area contributed by atoms with E-state index >= 15 is 0 Å². The number of carbonyl (C=O) groups is 1. The minimum Gasteiger partial charge on any atom is -0.744 e. The highest BCUT2D eigenvalue weighted by Crippen LogP contribution is 2.35. The molecule has 3 rings (SSSR count). The summed E-state index contributed by atoms with van der Waals surface area (Å²) in [5.74, 6) is -5.64. The number of hydrogen-bond acceptors (Lipinski definition) is 7. The molecule has 41 heavy (non-hydrogen) atoms. The third-order valence-electron chi connectivity index (χ3n) is 5.56. The second-order valence-electron chi connectivity index (χ2n) is 8.93. The molecule has 0 spiro atoms. The van der Waals surface area contributed by atoms with E-state index in [1.165, 1.54) is 44.4 Å². The topological polar surface area (TPSA) is 130 Å². The van der Waals surface area contributed by atoms with E-state index < -0.39 is 54.8 Å². The van der Waals surface area contributed by atoms with Crippen LogP contribution in [-0.2, 0) is 16.3 Å². The zero-order valence-electron chi connectivity index (χ0n) is 22.0. The zero-order chi connectivity index (χ0) is 31.3. The van der Waals surface area contributed by atoms with Crippen molar-refractivity contribution < 1.29 is 54.1 Å². The first-order valence-electron chi connectivity index (χ1n) is 11.5. The van der Waals surface area contributed by atoms with E-state index in [0.29, 0.717) is 5.12 Å². The van der Waals surface area contributed by atoms with Crippen molar-refractivity contribution in [3.05, 3.63) is 99.1 Å². The highest BCUT2D eigenvalue weighted by Gasteiger charge is 2.41. The molecule has 0 unspecified atom stereocenters. The fraction of sp³-hybridized carbons (Fsp3) is 0.240. The molecule has 16 heteroatoms. The summed E-state index contributed by atoms with van der Waals surface area (Å²) in [6.07, 6.45) is -4.96. The molecule has 0 aliphatic heterocycles. The van der Waals surface area contributed by atoms with Gasteiger partial charge in [-0.1, -0.05) is 23.8 Å². The highest BCUT2D eigenvalue weighted by molar-refractivity contribution is 7.85. The standard InChI is InChI=1S/C18H17F5N3O4.C7H8O3S/c1-4-26(2,3)24(25(28)29)17(27)11-6-5-7-13(8-11)30-16-14(19)9-12(10-15(16)20)18(21,22)23;1-6-2-4-7(5-3-6)11(8,9)10/h5-10H,4H2,1-3H3;2-5H,1H3,(H,8,9,10)/q+1;/p-1. The largest absolute Gasteiger partial charge is 0.744 e. The monoisotopic (exact) mass is 605 g/mol. The molecule has 0 N–H and O–H groups in total. The normalized spacial score (nSPS) is 11.8. The van der Waals surface area contributed by atoms with Crippen LogP contribution >= 0.6 is 0 Å². The van der Waals surface area contributed by atoms with Gasteiger partial charge in [0.05, 0.1) is 30.1 Å². The predicted octanol–water partition coefficient (Wildman–Crippen LogP) is 5.32. The predicted molar refractivity (Wildman–Crippen MR) is 133 cm³/mol. The van der Waals surface area contributed by atoms with Gasteiger partial charge in [-0.2, -0.15) is 17.8 Å². The van der Waals surface area contributed by atoms with Crippen LogP contribution in [-0.4, -0.2) is 54.3 Å². The Bertz CT molecular complexity index is 1510. The first kappa shape index (κ1) is 33.1. The molecule has 0 aromatic heterocycles. The summed E-state index contributed by atoms with van der Waals surface area (Å²) < 4.78 is 102. The van der Waals surface area contributed by atoms with Crippen molar-refractivity contribution in [3.63, 3.8) is 0 Å². The summed E-state index contributed by atoms with van der Waals surface area (Å²) in [6.45, 7) is 3.64. The summed E-state index contributed by atoms with van der Waals surface area (Å²) in [5.41, 5.74) is -0.830.